The van der Waals surface area contributed by atoms with Crippen molar-refractivity contribution in [2.75, 3.05) is 28.4 Å². The van der Waals surface area contributed by atoms with Gasteiger partial charge in [0.05, 0.1) is 18.6 Å². The Hall–Kier alpha value is -2.26. The van der Waals surface area contributed by atoms with E-state index in [2.05, 4.69) is 4.72 Å². The van der Waals surface area contributed by atoms with Gasteiger partial charge in [0, 0.05) is 12.2 Å². The van der Waals surface area contributed by atoms with Gasteiger partial charge in [-0.3, -0.25) is 9.03 Å². The Morgan fingerprint density at radius 1 is 1.04 bits per heavy atom. The van der Waals surface area contributed by atoms with Crippen molar-refractivity contribution in [1.29, 1.82) is 0 Å². The fraction of sp³-hybridized carbons (Fsp3) is 0.368. The van der Waals surface area contributed by atoms with Gasteiger partial charge >= 0.3 is 0 Å². The maximum Gasteiger partial charge on any atom is 0.265 e. The third-order valence-electron chi connectivity index (χ3n) is 4.55. The Bertz CT molecular complexity index is 1080. The highest BCUT2D eigenvalue weighted by Gasteiger charge is 2.28. The van der Waals surface area contributed by atoms with Crippen LogP contribution in [0.2, 0.25) is 0 Å². The van der Waals surface area contributed by atoms with Crippen LogP contribution in [0.4, 0.5) is 11.4 Å². The molecule has 0 amide bonds. The quantitative estimate of drug-likeness (QED) is 0.796. The van der Waals surface area contributed by atoms with Crippen LogP contribution < -0.4 is 13.8 Å². The van der Waals surface area contributed by atoms with Crippen LogP contribution in [-0.2, 0) is 20.0 Å². The SMILES string of the molecule is COc1ccc(N2CCCCS2(=O)=O)cc1S(=O)(=O)Nc1cc(C)cc(C)c1. The molecule has 7 nitrogen and oxygen atoms in total. The van der Waals surface area contributed by atoms with Gasteiger partial charge in [-0.15, -0.1) is 0 Å². The Morgan fingerprint density at radius 3 is 2.32 bits per heavy atom. The Kier molecular flexibility index (Phi) is 5.58. The first-order valence-corrected chi connectivity index (χ1v) is 12.0. The van der Waals surface area contributed by atoms with Crippen LogP contribution in [0.3, 0.4) is 0 Å². The van der Waals surface area contributed by atoms with Gasteiger partial charge in [-0.2, -0.15) is 0 Å². The second-order valence-corrected chi connectivity index (χ2v) is 10.6. The summed E-state index contributed by atoms with van der Waals surface area (Å²) < 4.78 is 59.9. The van der Waals surface area contributed by atoms with E-state index in [4.69, 9.17) is 4.74 Å². The number of nitrogens with zero attached hydrogens (tertiary/aromatic N) is 1. The highest BCUT2D eigenvalue weighted by Crippen LogP contribution is 2.33. The van der Waals surface area contributed by atoms with Gasteiger partial charge in [-0.1, -0.05) is 6.07 Å². The van der Waals surface area contributed by atoms with E-state index in [-0.39, 0.29) is 16.4 Å². The second-order valence-electron chi connectivity index (χ2n) is 6.91. The summed E-state index contributed by atoms with van der Waals surface area (Å²) in [6, 6.07) is 9.81. The van der Waals surface area contributed by atoms with Gasteiger partial charge in [0.2, 0.25) is 10.0 Å². The Morgan fingerprint density at radius 2 is 1.71 bits per heavy atom. The van der Waals surface area contributed by atoms with Crippen LogP contribution in [0, 0.1) is 13.8 Å². The minimum absolute atomic E-state index is 0.0575. The average molecular weight is 425 g/mol. The molecular weight excluding hydrogens is 400 g/mol. The molecule has 1 N–H and O–H groups in total. The van der Waals surface area contributed by atoms with E-state index in [1.807, 2.05) is 19.9 Å². The molecule has 0 aromatic heterocycles. The van der Waals surface area contributed by atoms with Gasteiger partial charge in [0.15, 0.2) is 0 Å². The van der Waals surface area contributed by atoms with Crippen molar-refractivity contribution in [2.45, 2.75) is 31.6 Å². The van der Waals surface area contributed by atoms with Crippen molar-refractivity contribution in [3.8, 4) is 5.75 Å². The largest absolute Gasteiger partial charge is 0.495 e. The minimum Gasteiger partial charge on any atom is -0.495 e. The Balaban J connectivity index is 2.04. The molecule has 2 aromatic carbocycles. The second kappa shape index (κ2) is 7.63. The van der Waals surface area contributed by atoms with Crippen LogP contribution in [0.1, 0.15) is 24.0 Å². The van der Waals surface area contributed by atoms with Gasteiger partial charge < -0.3 is 4.74 Å². The lowest BCUT2D eigenvalue weighted by molar-refractivity contribution is 0.403. The highest BCUT2D eigenvalue weighted by molar-refractivity contribution is 7.93. The van der Waals surface area contributed by atoms with E-state index in [0.717, 1.165) is 17.5 Å². The van der Waals surface area contributed by atoms with Crippen molar-refractivity contribution in [2.24, 2.45) is 0 Å². The summed E-state index contributed by atoms with van der Waals surface area (Å²) in [6.45, 7) is 4.10. The summed E-state index contributed by atoms with van der Waals surface area (Å²) in [6.07, 6.45) is 1.34. The van der Waals surface area contributed by atoms with E-state index in [1.165, 1.54) is 23.5 Å². The first-order chi connectivity index (χ1) is 13.1. The minimum atomic E-state index is -3.98. The van der Waals surface area contributed by atoms with Crippen LogP contribution in [-0.4, -0.2) is 36.2 Å². The molecule has 0 bridgehead atoms. The smallest absolute Gasteiger partial charge is 0.265 e. The molecule has 0 aliphatic carbocycles. The number of ether oxygens (including phenoxy) is 1. The van der Waals surface area contributed by atoms with Crippen molar-refractivity contribution in [1.82, 2.24) is 0 Å². The molecule has 0 atom stereocenters. The lowest BCUT2D eigenvalue weighted by Gasteiger charge is -2.28. The summed E-state index contributed by atoms with van der Waals surface area (Å²) in [5, 5.41) is 0. The van der Waals surface area contributed by atoms with E-state index in [9.17, 15) is 16.8 Å². The number of nitrogens with one attached hydrogen (secondary N) is 1. The molecule has 9 heteroatoms. The summed E-state index contributed by atoms with van der Waals surface area (Å²) in [7, 11) is -6.06. The van der Waals surface area contributed by atoms with E-state index < -0.39 is 20.0 Å². The average Bonchev–Trinajstić information content (AvgIpc) is 2.59. The van der Waals surface area contributed by atoms with E-state index in [0.29, 0.717) is 24.3 Å². The molecule has 0 unspecified atom stereocenters. The first kappa shape index (κ1) is 20.5. The third-order valence-corrected chi connectivity index (χ3v) is 7.82. The molecule has 1 fully saturated rings. The highest BCUT2D eigenvalue weighted by atomic mass is 32.2. The van der Waals surface area contributed by atoms with Crippen molar-refractivity contribution < 1.29 is 21.6 Å². The molecule has 0 spiro atoms. The number of hydrogen-bond donors (Lipinski definition) is 1. The maximum absolute atomic E-state index is 13.0. The molecule has 1 saturated heterocycles. The number of anilines is 2. The monoisotopic (exact) mass is 424 g/mol. The van der Waals surface area contributed by atoms with Gasteiger partial charge in [-0.25, -0.2) is 16.8 Å². The summed E-state index contributed by atoms with van der Waals surface area (Å²) in [4.78, 5) is -0.104. The van der Waals surface area contributed by atoms with Gasteiger partial charge in [-0.05, 0) is 68.1 Å². The van der Waals surface area contributed by atoms with Crippen molar-refractivity contribution >= 4 is 31.4 Å². The third kappa shape index (κ3) is 4.25. The molecule has 152 valence electrons. The van der Waals surface area contributed by atoms with E-state index >= 15 is 0 Å². The number of benzene rings is 2. The molecular formula is C19H24N2O5S2. The topological polar surface area (TPSA) is 92.8 Å². The molecule has 2 aromatic rings. The van der Waals surface area contributed by atoms with Crippen molar-refractivity contribution in [3.05, 3.63) is 47.5 Å². The fourth-order valence-electron chi connectivity index (χ4n) is 3.35. The molecule has 1 heterocycles. The first-order valence-electron chi connectivity index (χ1n) is 8.92. The zero-order valence-electron chi connectivity index (χ0n) is 16.1. The zero-order valence-corrected chi connectivity index (χ0v) is 17.7. The number of aryl methyl sites for hydroxylation is 2. The molecule has 0 saturated carbocycles. The number of sulfonamides is 2. The van der Waals surface area contributed by atoms with Gasteiger partial charge in [0.25, 0.3) is 10.0 Å². The van der Waals surface area contributed by atoms with Crippen LogP contribution in [0.5, 0.6) is 5.75 Å². The normalized spacial score (nSPS) is 16.6. The van der Waals surface area contributed by atoms with Crippen molar-refractivity contribution in [3.63, 3.8) is 0 Å². The molecule has 1 aliphatic rings. The zero-order chi connectivity index (χ0) is 20.5. The summed E-state index contributed by atoms with van der Waals surface area (Å²) in [5.74, 6) is 0.206. The molecule has 28 heavy (non-hydrogen) atoms. The van der Waals surface area contributed by atoms with Gasteiger partial charge in [0.1, 0.15) is 10.6 Å². The predicted molar refractivity (Wildman–Crippen MR) is 110 cm³/mol. The number of hydrogen-bond acceptors (Lipinski definition) is 5. The summed E-state index contributed by atoms with van der Waals surface area (Å²) >= 11 is 0. The molecule has 1 aliphatic heterocycles. The summed E-state index contributed by atoms with van der Waals surface area (Å²) in [5.41, 5.74) is 2.62. The van der Waals surface area contributed by atoms with Crippen LogP contribution >= 0.6 is 0 Å². The predicted octanol–water partition coefficient (Wildman–Crippen LogP) is 3.04. The van der Waals surface area contributed by atoms with Crippen LogP contribution in [0.15, 0.2) is 41.3 Å². The lowest BCUT2D eigenvalue weighted by atomic mass is 10.1. The molecule has 3 rings (SSSR count). The standard InChI is InChI=1S/C19H24N2O5S2/c1-14-10-15(2)12-16(11-14)20-28(24,25)19-13-17(6-7-18(19)26-3)21-8-4-5-9-27(21,22)23/h6-7,10-13,20H,4-5,8-9H2,1-3H3. The van der Waals surface area contributed by atoms with E-state index in [1.54, 1.807) is 18.2 Å². The Labute approximate surface area is 166 Å². The van der Waals surface area contributed by atoms with Crippen LogP contribution in [0.25, 0.3) is 0 Å². The molecule has 0 radical (unpaired) electrons. The fourth-order valence-corrected chi connectivity index (χ4v) is 6.21. The lowest BCUT2D eigenvalue weighted by Crippen LogP contribution is -2.37. The number of methoxy groups -OCH3 is 1. The maximum atomic E-state index is 13.0. The number of rotatable bonds is 5.